The molecule has 0 rings (SSSR count). The first kappa shape index (κ1) is 22.3. The van der Waals surface area contributed by atoms with E-state index in [4.69, 9.17) is 16.6 Å². The molecule has 11 nitrogen and oxygen atoms in total. The van der Waals surface area contributed by atoms with Crippen molar-refractivity contribution >= 4 is 29.6 Å². The summed E-state index contributed by atoms with van der Waals surface area (Å²) < 4.78 is 0. The Morgan fingerprint density at radius 2 is 1.64 bits per heavy atom. The number of carbonyl (C=O) groups excluding carboxylic acids is 4. The highest BCUT2D eigenvalue weighted by Crippen LogP contribution is 2.06. The van der Waals surface area contributed by atoms with Crippen molar-refractivity contribution in [3.63, 3.8) is 0 Å². The zero-order chi connectivity index (χ0) is 19.6. The summed E-state index contributed by atoms with van der Waals surface area (Å²) in [5.74, 6) is -4.37. The molecule has 0 aromatic heterocycles. The Hall–Kier alpha value is -2.69. The Balaban J connectivity index is 4.71. The van der Waals surface area contributed by atoms with E-state index in [1.165, 1.54) is 0 Å². The minimum absolute atomic E-state index is 0.140. The number of amides is 4. The maximum Gasteiger partial charge on any atom is 0.322 e. The van der Waals surface area contributed by atoms with Crippen molar-refractivity contribution in [3.05, 3.63) is 0 Å². The summed E-state index contributed by atoms with van der Waals surface area (Å²) in [6.45, 7) is 2.50. The molecular weight excluding hydrogens is 334 g/mol. The van der Waals surface area contributed by atoms with Gasteiger partial charge in [0, 0.05) is 0 Å². The molecule has 0 spiro atoms. The minimum Gasteiger partial charge on any atom is -0.480 e. The van der Waals surface area contributed by atoms with Crippen LogP contribution in [0.1, 0.15) is 26.7 Å². The third kappa shape index (κ3) is 9.25. The monoisotopic (exact) mass is 359 g/mol. The van der Waals surface area contributed by atoms with E-state index < -0.39 is 61.2 Å². The second kappa shape index (κ2) is 11.0. The van der Waals surface area contributed by atoms with Gasteiger partial charge in [-0.2, -0.15) is 0 Å². The number of primary amides is 1. The Kier molecular flexibility index (Phi) is 9.79. The molecule has 3 unspecified atom stereocenters. The molecular formula is C14H25N5O6. The van der Waals surface area contributed by atoms with Gasteiger partial charge in [-0.15, -0.1) is 0 Å². The van der Waals surface area contributed by atoms with Crippen LogP contribution in [-0.2, 0) is 24.0 Å². The standard InChI is InChI=1S/C14H25N5O6/c1-3-7(2)12(16)14(25)19-8(4-9(15)20)13(24)18-5-10(21)17-6-11(22)23/h7-8,12H,3-6,16H2,1-2H3,(H2,15,20)(H,17,21)(H,18,24)(H,19,25)(H,22,23). The van der Waals surface area contributed by atoms with Crippen molar-refractivity contribution in [2.75, 3.05) is 13.1 Å². The van der Waals surface area contributed by atoms with Gasteiger partial charge in [-0.1, -0.05) is 20.3 Å². The lowest BCUT2D eigenvalue weighted by atomic mass is 9.99. The van der Waals surface area contributed by atoms with Crippen LogP contribution in [0.2, 0.25) is 0 Å². The highest BCUT2D eigenvalue weighted by molar-refractivity contribution is 5.94. The zero-order valence-electron chi connectivity index (χ0n) is 14.2. The van der Waals surface area contributed by atoms with Gasteiger partial charge in [-0.05, 0) is 5.92 Å². The van der Waals surface area contributed by atoms with Crippen LogP contribution in [0.5, 0.6) is 0 Å². The van der Waals surface area contributed by atoms with Crippen LogP contribution in [0.3, 0.4) is 0 Å². The summed E-state index contributed by atoms with van der Waals surface area (Å²) in [4.78, 5) is 56.9. The van der Waals surface area contributed by atoms with Crippen LogP contribution in [0.25, 0.3) is 0 Å². The van der Waals surface area contributed by atoms with Gasteiger partial charge in [0.2, 0.25) is 23.6 Å². The molecule has 3 atom stereocenters. The Morgan fingerprint density at radius 1 is 1.04 bits per heavy atom. The average Bonchev–Trinajstić information content (AvgIpc) is 2.54. The smallest absolute Gasteiger partial charge is 0.322 e. The van der Waals surface area contributed by atoms with Crippen molar-refractivity contribution < 1.29 is 29.1 Å². The summed E-state index contributed by atoms with van der Waals surface area (Å²) in [7, 11) is 0. The fourth-order valence-electron chi connectivity index (χ4n) is 1.72. The van der Waals surface area contributed by atoms with Crippen molar-refractivity contribution in [2.24, 2.45) is 17.4 Å². The van der Waals surface area contributed by atoms with Gasteiger partial charge in [0.05, 0.1) is 19.0 Å². The molecule has 0 aliphatic heterocycles. The van der Waals surface area contributed by atoms with Crippen LogP contribution in [0, 0.1) is 5.92 Å². The number of carbonyl (C=O) groups is 5. The molecule has 0 aliphatic rings. The van der Waals surface area contributed by atoms with E-state index in [-0.39, 0.29) is 5.92 Å². The van der Waals surface area contributed by atoms with E-state index >= 15 is 0 Å². The second-order valence-corrected chi connectivity index (χ2v) is 5.53. The second-order valence-electron chi connectivity index (χ2n) is 5.53. The molecule has 0 bridgehead atoms. The molecule has 0 aromatic carbocycles. The lowest BCUT2D eigenvalue weighted by Crippen LogP contribution is -2.55. The molecule has 0 aliphatic carbocycles. The first-order chi connectivity index (χ1) is 11.6. The highest BCUT2D eigenvalue weighted by atomic mass is 16.4. The summed E-state index contributed by atoms with van der Waals surface area (Å²) in [5.41, 5.74) is 10.8. The lowest BCUT2D eigenvalue weighted by molar-refractivity contribution is -0.138. The first-order valence-corrected chi connectivity index (χ1v) is 7.68. The molecule has 0 radical (unpaired) electrons. The molecule has 0 saturated heterocycles. The predicted molar refractivity (Wildman–Crippen MR) is 86.8 cm³/mol. The topological polar surface area (TPSA) is 194 Å². The van der Waals surface area contributed by atoms with Gasteiger partial charge >= 0.3 is 5.97 Å². The average molecular weight is 359 g/mol. The Bertz CT molecular complexity index is 524. The van der Waals surface area contributed by atoms with Crippen LogP contribution in [0.15, 0.2) is 0 Å². The fourth-order valence-corrected chi connectivity index (χ4v) is 1.72. The number of rotatable bonds is 11. The van der Waals surface area contributed by atoms with Crippen molar-refractivity contribution in [3.8, 4) is 0 Å². The third-order valence-electron chi connectivity index (χ3n) is 3.46. The number of carboxylic acid groups (broad SMARTS) is 1. The molecule has 0 fully saturated rings. The van der Waals surface area contributed by atoms with Gasteiger partial charge in [0.1, 0.15) is 12.6 Å². The van der Waals surface area contributed by atoms with Gasteiger partial charge in [-0.25, -0.2) is 0 Å². The molecule has 0 heterocycles. The third-order valence-corrected chi connectivity index (χ3v) is 3.46. The van der Waals surface area contributed by atoms with Crippen LogP contribution in [0.4, 0.5) is 0 Å². The number of nitrogens with two attached hydrogens (primary N) is 2. The number of aliphatic carboxylic acids is 1. The molecule has 25 heavy (non-hydrogen) atoms. The normalized spacial score (nSPS) is 13.9. The van der Waals surface area contributed by atoms with Crippen LogP contribution < -0.4 is 27.4 Å². The molecule has 11 heteroatoms. The van der Waals surface area contributed by atoms with Gasteiger partial charge in [-0.3, -0.25) is 24.0 Å². The first-order valence-electron chi connectivity index (χ1n) is 7.68. The van der Waals surface area contributed by atoms with E-state index in [9.17, 15) is 24.0 Å². The number of hydrogen-bond acceptors (Lipinski definition) is 6. The van der Waals surface area contributed by atoms with E-state index in [0.29, 0.717) is 6.42 Å². The highest BCUT2D eigenvalue weighted by Gasteiger charge is 2.27. The van der Waals surface area contributed by atoms with Crippen LogP contribution >= 0.6 is 0 Å². The number of hydrogen-bond donors (Lipinski definition) is 6. The zero-order valence-corrected chi connectivity index (χ0v) is 14.2. The molecule has 4 amide bonds. The van der Waals surface area contributed by atoms with Crippen molar-refractivity contribution in [2.45, 2.75) is 38.8 Å². The fraction of sp³-hybridized carbons (Fsp3) is 0.643. The summed E-state index contributed by atoms with van der Waals surface area (Å²) in [6, 6.07) is -2.15. The summed E-state index contributed by atoms with van der Waals surface area (Å²) >= 11 is 0. The minimum atomic E-state index is -1.28. The van der Waals surface area contributed by atoms with Gasteiger partial charge in [0.15, 0.2) is 0 Å². The van der Waals surface area contributed by atoms with E-state index in [1.54, 1.807) is 6.92 Å². The van der Waals surface area contributed by atoms with E-state index in [0.717, 1.165) is 0 Å². The van der Waals surface area contributed by atoms with Crippen LogP contribution in [-0.4, -0.2) is 59.9 Å². The molecule has 8 N–H and O–H groups in total. The number of nitrogens with one attached hydrogen (secondary N) is 3. The van der Waals surface area contributed by atoms with Gasteiger partial charge in [0.25, 0.3) is 0 Å². The lowest BCUT2D eigenvalue weighted by Gasteiger charge is -2.22. The van der Waals surface area contributed by atoms with E-state index in [2.05, 4.69) is 10.6 Å². The summed E-state index contributed by atoms with van der Waals surface area (Å²) in [5, 5.41) is 15.0. The van der Waals surface area contributed by atoms with Gasteiger partial charge < -0.3 is 32.5 Å². The predicted octanol–water partition coefficient (Wildman–Crippen LogP) is -2.96. The Labute approximate surface area is 144 Å². The van der Waals surface area contributed by atoms with E-state index in [1.807, 2.05) is 12.2 Å². The van der Waals surface area contributed by atoms with Crippen molar-refractivity contribution in [1.82, 2.24) is 16.0 Å². The van der Waals surface area contributed by atoms with Crippen molar-refractivity contribution in [1.29, 1.82) is 0 Å². The maximum absolute atomic E-state index is 12.0. The molecule has 0 saturated carbocycles. The quantitative estimate of drug-likeness (QED) is 0.227. The SMILES string of the molecule is CCC(C)C(N)C(=O)NC(CC(N)=O)C(=O)NCC(=O)NCC(=O)O. The number of carboxylic acids is 1. The largest absolute Gasteiger partial charge is 0.480 e. The summed E-state index contributed by atoms with van der Waals surface area (Å²) in [6.07, 6.45) is 0.173. The molecule has 142 valence electrons. The molecule has 0 aromatic rings. The Morgan fingerprint density at radius 3 is 2.12 bits per heavy atom. The maximum atomic E-state index is 12.0.